The standard InChI is InChI=1S/C17H20N6O2.2ClH/c1-24-22-16(18)20-12-3-5-14-10(8-12)7-11-9-13(4-6-15(11)14)21-17(19)23-25-2;;/h3-6,8-9H,7H2,1-2H3,(H3,18,20,22)(H3,19,21,23);2*1H. The highest BCUT2D eigenvalue weighted by molar-refractivity contribution is 5.86. The largest absolute Gasteiger partial charge is 0.368 e. The van der Waals surface area contributed by atoms with E-state index in [9.17, 15) is 0 Å². The Morgan fingerprint density at radius 2 is 1.22 bits per heavy atom. The van der Waals surface area contributed by atoms with Crippen LogP contribution < -0.4 is 22.4 Å². The first-order valence-electron chi connectivity index (χ1n) is 7.63. The number of nitrogens with two attached hydrogens (primary N) is 2. The first-order valence-corrected chi connectivity index (χ1v) is 7.63. The minimum absolute atomic E-state index is 0. The third kappa shape index (κ3) is 5.24. The van der Waals surface area contributed by atoms with E-state index >= 15 is 0 Å². The van der Waals surface area contributed by atoms with E-state index in [0.29, 0.717) is 0 Å². The Morgan fingerprint density at radius 1 is 0.815 bits per heavy atom. The summed E-state index contributed by atoms with van der Waals surface area (Å²) in [6.07, 6.45) is 0.798. The van der Waals surface area contributed by atoms with E-state index in [1.165, 1.54) is 36.5 Å². The molecular weight excluding hydrogens is 391 g/mol. The Morgan fingerprint density at radius 3 is 1.59 bits per heavy atom. The monoisotopic (exact) mass is 412 g/mol. The smallest absolute Gasteiger partial charge is 0.218 e. The molecule has 0 spiro atoms. The van der Waals surface area contributed by atoms with Gasteiger partial charge < -0.3 is 11.5 Å². The minimum Gasteiger partial charge on any atom is -0.368 e. The van der Waals surface area contributed by atoms with Crippen LogP contribution in [0.15, 0.2) is 46.4 Å². The van der Waals surface area contributed by atoms with E-state index in [1.807, 2.05) is 36.4 Å². The van der Waals surface area contributed by atoms with Gasteiger partial charge in [0, 0.05) is 0 Å². The number of halogens is 2. The number of rotatable bonds is 4. The molecule has 0 amide bonds. The van der Waals surface area contributed by atoms with E-state index in [-0.39, 0.29) is 36.7 Å². The van der Waals surface area contributed by atoms with Gasteiger partial charge in [-0.2, -0.15) is 0 Å². The average Bonchev–Trinajstić information content (AvgIpc) is 2.91. The Labute approximate surface area is 169 Å². The molecule has 0 heterocycles. The molecule has 1 aliphatic carbocycles. The van der Waals surface area contributed by atoms with Crippen LogP contribution in [0, 0.1) is 0 Å². The van der Waals surface area contributed by atoms with Crippen LogP contribution in [0.25, 0.3) is 11.1 Å². The number of aliphatic imine (C=N–C) groups is 2. The summed E-state index contributed by atoms with van der Waals surface area (Å²) in [6.45, 7) is 0. The number of nitrogens with one attached hydrogen (secondary N) is 2. The number of hydroxylamine groups is 2. The molecule has 10 heteroatoms. The van der Waals surface area contributed by atoms with Crippen LogP contribution in [0.1, 0.15) is 11.1 Å². The molecule has 146 valence electrons. The van der Waals surface area contributed by atoms with Gasteiger partial charge in [0.15, 0.2) is 0 Å². The normalized spacial score (nSPS) is 12.4. The molecule has 27 heavy (non-hydrogen) atoms. The molecule has 8 nitrogen and oxygen atoms in total. The maximum atomic E-state index is 5.71. The lowest BCUT2D eigenvalue weighted by Crippen LogP contribution is -2.30. The summed E-state index contributed by atoms with van der Waals surface area (Å²) in [5.41, 5.74) is 22.7. The lowest BCUT2D eigenvalue weighted by molar-refractivity contribution is 0.143. The van der Waals surface area contributed by atoms with Gasteiger partial charge in [-0.3, -0.25) is 9.68 Å². The molecule has 0 bridgehead atoms. The van der Waals surface area contributed by atoms with Crippen molar-refractivity contribution in [2.45, 2.75) is 6.42 Å². The third-order valence-corrected chi connectivity index (χ3v) is 3.76. The molecule has 3 rings (SSSR count). The van der Waals surface area contributed by atoms with Gasteiger partial charge in [0.25, 0.3) is 0 Å². The van der Waals surface area contributed by atoms with E-state index in [1.54, 1.807) is 0 Å². The van der Waals surface area contributed by atoms with Gasteiger partial charge in [0.1, 0.15) is 0 Å². The first-order chi connectivity index (χ1) is 12.1. The van der Waals surface area contributed by atoms with Crippen molar-refractivity contribution in [2.24, 2.45) is 21.5 Å². The highest BCUT2D eigenvalue weighted by Gasteiger charge is 2.19. The predicted molar refractivity (Wildman–Crippen MR) is 112 cm³/mol. The van der Waals surface area contributed by atoms with Crippen molar-refractivity contribution in [3.8, 4) is 11.1 Å². The molecular formula is C17H22Cl2N6O2. The van der Waals surface area contributed by atoms with Crippen LogP contribution >= 0.6 is 24.8 Å². The fourth-order valence-electron chi connectivity index (χ4n) is 2.86. The quantitative estimate of drug-likeness (QED) is 0.296. The Bertz CT molecular complexity index is 788. The number of benzene rings is 2. The molecule has 6 N–H and O–H groups in total. The minimum atomic E-state index is 0. The second-order valence-corrected chi connectivity index (χ2v) is 5.47. The molecule has 0 radical (unpaired) electrons. The van der Waals surface area contributed by atoms with Crippen LogP contribution in [-0.2, 0) is 16.1 Å². The Kier molecular flexibility index (Phi) is 8.32. The summed E-state index contributed by atoms with van der Waals surface area (Å²) in [7, 11) is 2.97. The van der Waals surface area contributed by atoms with Gasteiger partial charge in [-0.1, -0.05) is 12.1 Å². The van der Waals surface area contributed by atoms with Gasteiger partial charge in [0.2, 0.25) is 11.9 Å². The number of hydrogen-bond donors (Lipinski definition) is 4. The van der Waals surface area contributed by atoms with Gasteiger partial charge in [0.05, 0.1) is 25.6 Å². The summed E-state index contributed by atoms with van der Waals surface area (Å²) in [5, 5.41) is 0. The van der Waals surface area contributed by atoms with Crippen LogP contribution in [-0.4, -0.2) is 26.1 Å². The van der Waals surface area contributed by atoms with E-state index in [2.05, 4.69) is 20.9 Å². The van der Waals surface area contributed by atoms with Crippen LogP contribution in [0.5, 0.6) is 0 Å². The van der Waals surface area contributed by atoms with E-state index in [0.717, 1.165) is 17.8 Å². The highest BCUT2D eigenvalue weighted by atomic mass is 35.5. The lowest BCUT2D eigenvalue weighted by Gasteiger charge is -2.05. The lowest BCUT2D eigenvalue weighted by atomic mass is 10.1. The van der Waals surface area contributed by atoms with Crippen molar-refractivity contribution in [1.82, 2.24) is 11.0 Å². The predicted octanol–water partition coefficient (Wildman–Crippen LogP) is 2.30. The molecule has 0 saturated heterocycles. The van der Waals surface area contributed by atoms with Crippen LogP contribution in [0.4, 0.5) is 11.4 Å². The van der Waals surface area contributed by atoms with Gasteiger partial charge in [-0.05, 0) is 52.9 Å². The van der Waals surface area contributed by atoms with E-state index in [4.69, 9.17) is 21.1 Å². The molecule has 2 aromatic carbocycles. The van der Waals surface area contributed by atoms with Crippen molar-refractivity contribution < 1.29 is 9.68 Å². The summed E-state index contributed by atoms with van der Waals surface area (Å²) in [5.74, 6) is 0.409. The van der Waals surface area contributed by atoms with Gasteiger partial charge in [-0.15, -0.1) is 24.8 Å². The van der Waals surface area contributed by atoms with Crippen molar-refractivity contribution >= 4 is 48.1 Å². The molecule has 2 aromatic rings. The molecule has 0 aliphatic heterocycles. The maximum Gasteiger partial charge on any atom is 0.218 e. The number of nitrogens with zero attached hydrogens (tertiary/aromatic N) is 2. The molecule has 0 atom stereocenters. The summed E-state index contributed by atoms with van der Waals surface area (Å²) in [4.78, 5) is 18.0. The van der Waals surface area contributed by atoms with Crippen molar-refractivity contribution in [3.05, 3.63) is 47.5 Å². The summed E-state index contributed by atoms with van der Waals surface area (Å²) >= 11 is 0. The van der Waals surface area contributed by atoms with Crippen LogP contribution in [0.2, 0.25) is 0 Å². The molecule has 1 aliphatic rings. The zero-order valence-corrected chi connectivity index (χ0v) is 16.5. The van der Waals surface area contributed by atoms with Crippen LogP contribution in [0.3, 0.4) is 0 Å². The van der Waals surface area contributed by atoms with Gasteiger partial charge in [-0.25, -0.2) is 20.9 Å². The Hall–Kier alpha value is -2.52. The zero-order valence-electron chi connectivity index (χ0n) is 14.9. The number of guanidine groups is 2. The van der Waals surface area contributed by atoms with Crippen molar-refractivity contribution in [2.75, 3.05) is 14.2 Å². The van der Waals surface area contributed by atoms with Gasteiger partial charge >= 0.3 is 0 Å². The molecule has 0 unspecified atom stereocenters. The molecule has 0 aromatic heterocycles. The average molecular weight is 413 g/mol. The topological polar surface area (TPSA) is 119 Å². The zero-order chi connectivity index (χ0) is 17.8. The second-order valence-electron chi connectivity index (χ2n) is 5.47. The van der Waals surface area contributed by atoms with Crippen molar-refractivity contribution in [1.29, 1.82) is 0 Å². The summed E-state index contributed by atoms with van der Waals surface area (Å²) in [6, 6.07) is 12.0. The molecule has 0 fully saturated rings. The number of fused-ring (bicyclic) bond motifs is 3. The SMILES string of the molecule is CONC(N)=Nc1ccc2c(c1)Cc1cc(N=C(N)NOC)ccc1-2.Cl.Cl. The fraction of sp³-hybridized carbons (Fsp3) is 0.176. The second kappa shape index (κ2) is 9.98. The number of hydrogen-bond acceptors (Lipinski definition) is 4. The maximum absolute atomic E-state index is 5.71. The van der Waals surface area contributed by atoms with E-state index < -0.39 is 0 Å². The highest BCUT2D eigenvalue weighted by Crippen LogP contribution is 2.39. The molecule has 0 saturated carbocycles. The van der Waals surface area contributed by atoms with Crippen molar-refractivity contribution in [3.63, 3.8) is 0 Å². The summed E-state index contributed by atoms with van der Waals surface area (Å²) < 4.78 is 0. The Balaban J connectivity index is 0.00000182. The fourth-order valence-corrected chi connectivity index (χ4v) is 2.86. The third-order valence-electron chi connectivity index (χ3n) is 3.76. The first kappa shape index (κ1) is 22.5.